The standard InChI is InChI=1S/C26H43O4S2.2CH3.Ce/c1-19(2)11-10-12-21(5)14-16-32(29,30)25-17-22(13-15-26(6,7)8)24(31(9,27)28)18-23(25)20(3)4;;;/h13,15,17-19,21H,10-12,14,16H2,1-9H3;2*1H3;/q3*-1;+3/b15-13+;;;. The second kappa shape index (κ2) is 16.2. The summed E-state index contributed by atoms with van der Waals surface area (Å²) in [5.74, 6) is 1.83. The molecule has 0 fully saturated rings. The van der Waals surface area contributed by atoms with Gasteiger partial charge in [-0.25, -0.2) is 16.8 Å². The molecule has 0 heterocycles. The number of rotatable bonds is 11. The van der Waals surface area contributed by atoms with Crippen LogP contribution in [-0.4, -0.2) is 28.8 Å². The van der Waals surface area contributed by atoms with Gasteiger partial charge in [0.1, 0.15) is 9.84 Å². The third-order valence-corrected chi connectivity index (χ3v) is 8.44. The fourth-order valence-electron chi connectivity index (χ4n) is 3.50. The third-order valence-electron chi connectivity index (χ3n) is 5.51. The second-order valence-corrected chi connectivity index (χ2v) is 15.0. The van der Waals surface area contributed by atoms with Crippen LogP contribution in [0.25, 0.3) is 6.08 Å². The third kappa shape index (κ3) is 14.0. The topological polar surface area (TPSA) is 68.3 Å². The molecular weight excluding hydrogens is 605 g/mol. The van der Waals surface area contributed by atoms with Crippen LogP contribution in [0, 0.1) is 79.8 Å². The number of hydrogen-bond donors (Lipinski definition) is 0. The minimum absolute atomic E-state index is 0. The van der Waals surface area contributed by atoms with Gasteiger partial charge in [0.15, 0.2) is 9.84 Å². The van der Waals surface area contributed by atoms with Gasteiger partial charge in [-0.3, -0.25) is 0 Å². The molecule has 1 radical (unpaired) electrons. The number of allylic oxidation sites excluding steroid dienone is 1. The SMILES string of the molecule is C[C-](C)c1cc(S(C)(=O)=O)c(/C=C/C(C)(C)C)cc1S(=O)(=O)CCC(C)CCCC(C)C.[CH3-].[CH3-].[Ce+3]. The molecule has 201 valence electrons. The molecule has 0 N–H and O–H groups in total. The number of benzene rings is 1. The van der Waals surface area contributed by atoms with E-state index in [0.717, 1.165) is 25.2 Å². The van der Waals surface area contributed by atoms with Gasteiger partial charge in [0.2, 0.25) is 0 Å². The van der Waals surface area contributed by atoms with Crippen LogP contribution < -0.4 is 0 Å². The van der Waals surface area contributed by atoms with Crippen LogP contribution in [0.1, 0.15) is 92.2 Å². The molecule has 0 saturated heterocycles. The van der Waals surface area contributed by atoms with Crippen LogP contribution in [0.2, 0.25) is 0 Å². The summed E-state index contributed by atoms with van der Waals surface area (Å²) < 4.78 is 51.7. The maximum atomic E-state index is 13.4. The van der Waals surface area contributed by atoms with E-state index in [1.165, 1.54) is 12.3 Å². The Morgan fingerprint density at radius 2 is 1.46 bits per heavy atom. The van der Waals surface area contributed by atoms with Crippen molar-refractivity contribution < 1.29 is 58.6 Å². The Hall–Kier alpha value is 0.107. The van der Waals surface area contributed by atoms with Gasteiger partial charge in [-0.2, -0.15) is 11.5 Å². The minimum atomic E-state index is -3.56. The molecule has 1 unspecified atom stereocenters. The van der Waals surface area contributed by atoms with Crippen molar-refractivity contribution in [2.45, 2.75) is 90.9 Å². The van der Waals surface area contributed by atoms with Gasteiger partial charge < -0.3 is 14.9 Å². The van der Waals surface area contributed by atoms with Crippen molar-refractivity contribution in [3.63, 3.8) is 0 Å². The Balaban J connectivity index is -0.00000341. The molecule has 0 aliphatic carbocycles. The summed E-state index contributed by atoms with van der Waals surface area (Å²) in [5, 5.41) is 0. The Morgan fingerprint density at radius 1 is 0.914 bits per heavy atom. The van der Waals surface area contributed by atoms with Crippen LogP contribution in [0.15, 0.2) is 28.0 Å². The average Bonchev–Trinajstić information content (AvgIpc) is 2.62. The van der Waals surface area contributed by atoms with Crippen LogP contribution >= 0.6 is 0 Å². The predicted molar refractivity (Wildman–Crippen MR) is 149 cm³/mol. The van der Waals surface area contributed by atoms with Gasteiger partial charge in [-0.1, -0.05) is 92.9 Å². The van der Waals surface area contributed by atoms with Gasteiger partial charge in [0.25, 0.3) is 0 Å². The van der Waals surface area contributed by atoms with E-state index in [4.69, 9.17) is 0 Å². The Bertz CT molecular complexity index is 1000. The summed E-state index contributed by atoms with van der Waals surface area (Å²) in [4.78, 5) is 0.392. The van der Waals surface area contributed by atoms with Gasteiger partial charge in [0, 0.05) is 16.9 Å². The van der Waals surface area contributed by atoms with Crippen LogP contribution in [0.3, 0.4) is 0 Å². The first kappa shape index (κ1) is 39.6. The second-order valence-electron chi connectivity index (χ2n) is 10.9. The maximum Gasteiger partial charge on any atom is 3.00 e. The van der Waals surface area contributed by atoms with Crippen molar-refractivity contribution in [2.24, 2.45) is 17.3 Å². The minimum Gasteiger partial charge on any atom is -0.358 e. The zero-order valence-electron chi connectivity index (χ0n) is 23.9. The molecule has 0 amide bonds. The molecule has 1 aromatic carbocycles. The summed E-state index contributed by atoms with van der Waals surface area (Å²) in [6.07, 6.45) is 8.69. The zero-order valence-corrected chi connectivity index (χ0v) is 28.7. The van der Waals surface area contributed by atoms with E-state index in [9.17, 15) is 16.8 Å². The smallest absolute Gasteiger partial charge is 0.358 e. The molecule has 7 heteroatoms. The summed E-state index contributed by atoms with van der Waals surface area (Å²) in [7, 11) is -7.08. The molecule has 1 aromatic rings. The average molecular weight is 654 g/mol. The van der Waals surface area contributed by atoms with Gasteiger partial charge in [0.05, 0.1) is 0 Å². The van der Waals surface area contributed by atoms with Crippen molar-refractivity contribution in [1.29, 1.82) is 0 Å². The van der Waals surface area contributed by atoms with Crippen molar-refractivity contribution in [3.8, 4) is 0 Å². The van der Waals surface area contributed by atoms with E-state index in [2.05, 4.69) is 20.8 Å². The quantitative estimate of drug-likeness (QED) is 0.230. The molecule has 1 rings (SSSR count). The van der Waals surface area contributed by atoms with Gasteiger partial charge >= 0.3 is 41.7 Å². The Labute approximate surface area is 252 Å². The van der Waals surface area contributed by atoms with Crippen LogP contribution in [0.5, 0.6) is 0 Å². The molecule has 0 aliphatic rings. The van der Waals surface area contributed by atoms with E-state index in [0.29, 0.717) is 29.4 Å². The summed E-state index contributed by atoms with van der Waals surface area (Å²) >= 11 is 0. The van der Waals surface area contributed by atoms with Crippen LogP contribution in [-0.2, 0) is 19.7 Å². The Morgan fingerprint density at radius 3 is 1.89 bits per heavy atom. The Kier molecular flexibility index (Phi) is 18.3. The molecular formula is C28H49CeO4S2. The first-order valence-electron chi connectivity index (χ1n) is 11.5. The fourth-order valence-corrected chi connectivity index (χ4v) is 6.22. The van der Waals surface area contributed by atoms with Gasteiger partial charge in [-0.15, -0.1) is 6.07 Å². The van der Waals surface area contributed by atoms with E-state index in [1.807, 2.05) is 40.7 Å². The molecule has 0 aliphatic heterocycles. The molecule has 0 bridgehead atoms. The predicted octanol–water partition coefficient (Wildman–Crippen LogP) is 7.64. The summed E-state index contributed by atoms with van der Waals surface area (Å²) in [6, 6.07) is 3.09. The zero-order chi connectivity index (χ0) is 24.9. The van der Waals surface area contributed by atoms with E-state index in [1.54, 1.807) is 12.1 Å². The summed E-state index contributed by atoms with van der Waals surface area (Å²) in [6.45, 7) is 16.2. The molecule has 1 atom stereocenters. The van der Waals surface area contributed by atoms with Crippen molar-refractivity contribution in [3.05, 3.63) is 50.1 Å². The van der Waals surface area contributed by atoms with Crippen molar-refractivity contribution >= 4 is 25.8 Å². The first-order chi connectivity index (χ1) is 14.4. The monoisotopic (exact) mass is 653 g/mol. The van der Waals surface area contributed by atoms with Gasteiger partial charge in [-0.05, 0) is 34.1 Å². The molecule has 0 saturated carbocycles. The number of sulfone groups is 2. The van der Waals surface area contributed by atoms with E-state index < -0.39 is 19.7 Å². The normalized spacial score (nSPS) is 13.1. The van der Waals surface area contributed by atoms with Crippen molar-refractivity contribution in [1.82, 2.24) is 0 Å². The fraction of sp³-hybridized carbons (Fsp3) is 0.607. The maximum absolute atomic E-state index is 13.4. The first-order valence-corrected chi connectivity index (χ1v) is 15.1. The summed E-state index contributed by atoms with van der Waals surface area (Å²) in [5.41, 5.74) is 0.756. The molecule has 4 nitrogen and oxygen atoms in total. The number of hydrogen-bond acceptors (Lipinski definition) is 4. The molecule has 35 heavy (non-hydrogen) atoms. The van der Waals surface area contributed by atoms with Crippen molar-refractivity contribution in [2.75, 3.05) is 12.0 Å². The molecule has 0 spiro atoms. The van der Waals surface area contributed by atoms with E-state index >= 15 is 0 Å². The largest absolute Gasteiger partial charge is 3.00 e. The van der Waals surface area contributed by atoms with E-state index in [-0.39, 0.29) is 77.6 Å². The van der Waals surface area contributed by atoms with Crippen LogP contribution in [0.4, 0.5) is 0 Å². The molecule has 0 aromatic heterocycles.